The molecule has 0 aliphatic heterocycles. The first-order chi connectivity index (χ1) is 7.15. The van der Waals surface area contributed by atoms with Crippen molar-refractivity contribution in [2.24, 2.45) is 0 Å². The van der Waals surface area contributed by atoms with Gasteiger partial charge in [-0.3, -0.25) is 0 Å². The topological polar surface area (TPSA) is 3.24 Å². The second kappa shape index (κ2) is 20.8. The first-order valence-corrected chi connectivity index (χ1v) is 6.76. The Morgan fingerprint density at radius 2 is 0.750 bits per heavy atom. The fourth-order valence-electron chi connectivity index (χ4n) is 1.38. The van der Waals surface area contributed by atoms with Gasteiger partial charge in [0, 0.05) is 0 Å². The van der Waals surface area contributed by atoms with Crippen LogP contribution in [-0.2, 0) is 0 Å². The highest BCUT2D eigenvalue weighted by molar-refractivity contribution is 8.93. The molecule has 0 N–H and O–H groups in total. The van der Waals surface area contributed by atoms with Crippen LogP contribution in [0.3, 0.4) is 0 Å². The van der Waals surface area contributed by atoms with Gasteiger partial charge in [0.2, 0.25) is 0 Å². The molecule has 0 saturated heterocycles. The van der Waals surface area contributed by atoms with Gasteiger partial charge in [0.1, 0.15) is 0 Å². The molecule has 0 unspecified atom stereocenters. The van der Waals surface area contributed by atoms with Crippen LogP contribution in [0.15, 0.2) is 0 Å². The van der Waals surface area contributed by atoms with Crippen molar-refractivity contribution in [3.8, 4) is 0 Å². The number of hydrogen-bond donors (Lipinski definition) is 0. The van der Waals surface area contributed by atoms with Crippen molar-refractivity contribution in [2.75, 3.05) is 21.1 Å². The maximum atomic E-state index is 2.27. The Morgan fingerprint density at radius 1 is 0.562 bits per heavy atom. The smallest absolute Gasteiger partial charge is 0.0140 e. The van der Waals surface area contributed by atoms with Gasteiger partial charge in [-0.05, 0) is 21.1 Å². The van der Waals surface area contributed by atoms with Crippen LogP contribution in [0.25, 0.3) is 0 Å². The minimum atomic E-state index is 0. The summed E-state index contributed by atoms with van der Waals surface area (Å²) >= 11 is 0. The predicted molar refractivity (Wildman–Crippen MR) is 82.8 cm³/mol. The first kappa shape index (κ1) is 21.7. The van der Waals surface area contributed by atoms with E-state index < -0.39 is 0 Å². The highest BCUT2D eigenvalue weighted by Crippen LogP contribution is 2.08. The monoisotopic (exact) mass is 295 g/mol. The zero-order valence-corrected chi connectivity index (χ0v) is 13.9. The lowest BCUT2D eigenvalue weighted by atomic mass is 10.1. The van der Waals surface area contributed by atoms with E-state index in [0.29, 0.717) is 0 Å². The Kier molecular flexibility index (Phi) is 28.2. The molecule has 0 aromatic rings. The predicted octanol–water partition coefficient (Wildman–Crippen LogP) is 5.29. The zero-order chi connectivity index (χ0) is 11.9. The van der Waals surface area contributed by atoms with E-state index in [9.17, 15) is 0 Å². The summed E-state index contributed by atoms with van der Waals surface area (Å²) in [7, 11) is 6.00. The third-order valence-electron chi connectivity index (χ3n) is 2.21. The van der Waals surface area contributed by atoms with Crippen molar-refractivity contribution in [1.82, 2.24) is 4.90 Å². The molecule has 102 valence electrons. The Bertz CT molecular complexity index is 84.0. The Balaban J connectivity index is -0.000000292. The normalized spacial score (nSPS) is 9.38. The lowest BCUT2D eigenvalue weighted by molar-refractivity contribution is 0.505. The number of unbranched alkanes of at least 4 members (excludes halogenated alkanes) is 8. The molecule has 0 aromatic heterocycles. The number of hydrogen-bond acceptors (Lipinski definition) is 1. The molecule has 0 fully saturated rings. The van der Waals surface area contributed by atoms with Crippen LogP contribution in [0.1, 0.15) is 71.6 Å². The summed E-state index contributed by atoms with van der Waals surface area (Å²) < 4.78 is 0. The average molecular weight is 296 g/mol. The third-order valence-corrected chi connectivity index (χ3v) is 2.21. The summed E-state index contributed by atoms with van der Waals surface area (Å²) in [6, 6.07) is 0. The van der Waals surface area contributed by atoms with Gasteiger partial charge in [-0.1, -0.05) is 71.6 Å². The maximum absolute atomic E-state index is 2.27. The number of halogens is 1. The van der Waals surface area contributed by atoms with Crippen LogP contribution >= 0.6 is 17.0 Å². The van der Waals surface area contributed by atoms with Gasteiger partial charge in [-0.2, -0.15) is 0 Å². The fourth-order valence-corrected chi connectivity index (χ4v) is 1.38. The minimum Gasteiger partial charge on any atom is -0.312 e. The molecule has 0 spiro atoms. The average Bonchev–Trinajstić information content (AvgIpc) is 2.16. The summed E-state index contributed by atoms with van der Waals surface area (Å²) in [5.74, 6) is 0. The molecule has 0 amide bonds. The molecule has 0 radical (unpaired) electrons. The van der Waals surface area contributed by atoms with Gasteiger partial charge >= 0.3 is 0 Å². The molecule has 0 aromatic carbocycles. The molecule has 0 aliphatic rings. The van der Waals surface area contributed by atoms with Crippen molar-refractivity contribution in [1.29, 1.82) is 0 Å². The lowest BCUT2D eigenvalue weighted by Gasteiger charge is -1.98. The maximum Gasteiger partial charge on any atom is -0.0140 e. The molecule has 16 heavy (non-hydrogen) atoms. The first-order valence-electron chi connectivity index (χ1n) is 6.76. The summed E-state index contributed by atoms with van der Waals surface area (Å²) in [6.45, 7) is 4.55. The molecular weight excluding hydrogens is 262 g/mol. The Hall–Kier alpha value is 0.440. The van der Waals surface area contributed by atoms with E-state index in [2.05, 4.69) is 13.8 Å². The molecule has 2 heteroatoms. The standard InChI is InChI=1S/C11H24.C3H9N.BrH/c1-3-5-7-9-11-10-8-6-4-2;1-4(2)3;/h3-11H2,1-2H3;1-3H3;1H. The van der Waals surface area contributed by atoms with E-state index in [0.717, 1.165) is 0 Å². The molecule has 0 aliphatic carbocycles. The van der Waals surface area contributed by atoms with Crippen LogP contribution in [0.5, 0.6) is 0 Å². The van der Waals surface area contributed by atoms with Crippen LogP contribution in [0.2, 0.25) is 0 Å². The van der Waals surface area contributed by atoms with E-state index in [1.807, 2.05) is 26.0 Å². The van der Waals surface area contributed by atoms with Crippen molar-refractivity contribution < 1.29 is 0 Å². The number of nitrogens with zero attached hydrogens (tertiary/aromatic N) is 1. The van der Waals surface area contributed by atoms with E-state index in [-0.39, 0.29) is 17.0 Å². The molecule has 0 saturated carbocycles. The fraction of sp³-hybridized carbons (Fsp3) is 1.00. The molecule has 0 heterocycles. The van der Waals surface area contributed by atoms with Gasteiger partial charge < -0.3 is 4.90 Å². The summed E-state index contributed by atoms with van der Waals surface area (Å²) in [5.41, 5.74) is 0. The summed E-state index contributed by atoms with van der Waals surface area (Å²) in [5, 5.41) is 0. The molecule has 1 nitrogen and oxygen atoms in total. The highest BCUT2D eigenvalue weighted by atomic mass is 79.9. The molecule has 0 rings (SSSR count). The summed E-state index contributed by atoms with van der Waals surface area (Å²) in [4.78, 5) is 2.00. The van der Waals surface area contributed by atoms with Gasteiger partial charge in [0.15, 0.2) is 0 Å². The Morgan fingerprint density at radius 3 is 0.938 bits per heavy atom. The van der Waals surface area contributed by atoms with E-state index >= 15 is 0 Å². The summed E-state index contributed by atoms with van der Waals surface area (Å²) in [6.07, 6.45) is 13.0. The van der Waals surface area contributed by atoms with Gasteiger partial charge in [0.05, 0.1) is 0 Å². The van der Waals surface area contributed by atoms with Gasteiger partial charge in [0.25, 0.3) is 0 Å². The van der Waals surface area contributed by atoms with Crippen molar-refractivity contribution >= 4 is 17.0 Å². The Labute approximate surface area is 115 Å². The minimum absolute atomic E-state index is 0. The van der Waals surface area contributed by atoms with Crippen molar-refractivity contribution in [3.05, 3.63) is 0 Å². The number of rotatable bonds is 8. The van der Waals surface area contributed by atoms with E-state index in [1.54, 1.807) is 0 Å². The second-order valence-corrected chi connectivity index (χ2v) is 4.82. The third kappa shape index (κ3) is 36.6. The zero-order valence-electron chi connectivity index (χ0n) is 12.2. The largest absolute Gasteiger partial charge is 0.312 e. The lowest BCUT2D eigenvalue weighted by Crippen LogP contribution is -1.99. The van der Waals surface area contributed by atoms with Gasteiger partial charge in [-0.15, -0.1) is 17.0 Å². The van der Waals surface area contributed by atoms with E-state index in [4.69, 9.17) is 0 Å². The molecule has 0 atom stereocenters. The second-order valence-electron chi connectivity index (χ2n) is 4.82. The molecular formula is C14H34BrN. The van der Waals surface area contributed by atoms with E-state index in [1.165, 1.54) is 57.8 Å². The van der Waals surface area contributed by atoms with Crippen molar-refractivity contribution in [2.45, 2.75) is 71.6 Å². The van der Waals surface area contributed by atoms with Gasteiger partial charge in [-0.25, -0.2) is 0 Å². The quantitative estimate of drug-likeness (QED) is 0.550. The SMILES string of the molecule is Br.CCCCCCCCCCC.CN(C)C. The van der Waals surface area contributed by atoms with Crippen molar-refractivity contribution in [3.63, 3.8) is 0 Å². The highest BCUT2D eigenvalue weighted by Gasteiger charge is 1.88. The van der Waals surface area contributed by atoms with Crippen LogP contribution < -0.4 is 0 Å². The molecule has 0 bridgehead atoms. The van der Waals surface area contributed by atoms with Crippen LogP contribution in [0.4, 0.5) is 0 Å². The van der Waals surface area contributed by atoms with Crippen LogP contribution in [0, 0.1) is 0 Å². The van der Waals surface area contributed by atoms with Crippen LogP contribution in [-0.4, -0.2) is 26.0 Å².